The molecular formula is C20H20FN3O4S. The lowest BCUT2D eigenvalue weighted by molar-refractivity contribution is 0.0563. The lowest BCUT2D eigenvalue weighted by Gasteiger charge is -2.14. The number of furan rings is 1. The van der Waals surface area contributed by atoms with Crippen LogP contribution in [0.2, 0.25) is 0 Å². The number of benzene rings is 1. The largest absolute Gasteiger partial charge is 0.463 e. The third-order valence-electron chi connectivity index (χ3n) is 4.62. The molecule has 0 amide bonds. The minimum Gasteiger partial charge on any atom is -0.463 e. The van der Waals surface area contributed by atoms with Crippen molar-refractivity contribution >= 4 is 17.7 Å². The van der Waals surface area contributed by atoms with Crippen molar-refractivity contribution in [2.75, 3.05) is 13.7 Å². The summed E-state index contributed by atoms with van der Waals surface area (Å²) in [5.74, 6) is 1.12. The molecule has 1 atom stereocenters. The second-order valence-electron chi connectivity index (χ2n) is 6.60. The molecule has 4 rings (SSSR count). The Hall–Kier alpha value is -2.65. The molecule has 0 aliphatic carbocycles. The van der Waals surface area contributed by atoms with Gasteiger partial charge in [-0.2, -0.15) is 0 Å². The molecule has 1 fully saturated rings. The van der Waals surface area contributed by atoms with Gasteiger partial charge in [0.05, 0.1) is 25.5 Å². The molecule has 29 heavy (non-hydrogen) atoms. The highest BCUT2D eigenvalue weighted by Crippen LogP contribution is 2.29. The van der Waals surface area contributed by atoms with Gasteiger partial charge in [0.15, 0.2) is 11.0 Å². The number of methoxy groups -OCH3 is 1. The van der Waals surface area contributed by atoms with Crippen LogP contribution in [-0.4, -0.2) is 40.6 Å². The molecule has 1 saturated heterocycles. The molecule has 1 unspecified atom stereocenters. The van der Waals surface area contributed by atoms with Gasteiger partial charge in [-0.05, 0) is 49.2 Å². The number of esters is 1. The number of aromatic nitrogens is 3. The van der Waals surface area contributed by atoms with Crippen molar-refractivity contribution in [3.05, 3.63) is 53.7 Å². The van der Waals surface area contributed by atoms with E-state index in [0.29, 0.717) is 29.0 Å². The number of rotatable bonds is 7. The third kappa shape index (κ3) is 4.51. The number of halogens is 1. The van der Waals surface area contributed by atoms with Crippen LogP contribution >= 0.6 is 11.8 Å². The summed E-state index contributed by atoms with van der Waals surface area (Å²) in [6.45, 7) is 1.37. The minimum absolute atomic E-state index is 0.0964. The van der Waals surface area contributed by atoms with Crippen LogP contribution in [-0.2, 0) is 21.8 Å². The first-order chi connectivity index (χ1) is 14.1. The molecule has 1 aliphatic heterocycles. The number of thioether (sulfide) groups is 1. The number of ether oxygens (including phenoxy) is 2. The van der Waals surface area contributed by atoms with E-state index < -0.39 is 5.97 Å². The second kappa shape index (κ2) is 8.79. The van der Waals surface area contributed by atoms with Crippen LogP contribution in [0.25, 0.3) is 11.4 Å². The van der Waals surface area contributed by atoms with Gasteiger partial charge in [-0.25, -0.2) is 9.18 Å². The molecule has 0 N–H and O–H groups in total. The van der Waals surface area contributed by atoms with E-state index in [1.165, 1.54) is 31.0 Å². The summed E-state index contributed by atoms with van der Waals surface area (Å²) < 4.78 is 31.3. The predicted octanol–water partition coefficient (Wildman–Crippen LogP) is 3.94. The normalized spacial score (nSPS) is 16.3. The lowest BCUT2D eigenvalue weighted by atomic mass is 10.2. The summed E-state index contributed by atoms with van der Waals surface area (Å²) in [6, 6.07) is 9.52. The quantitative estimate of drug-likeness (QED) is 0.426. The summed E-state index contributed by atoms with van der Waals surface area (Å²) in [4.78, 5) is 11.5. The van der Waals surface area contributed by atoms with Gasteiger partial charge in [-0.3, -0.25) is 4.57 Å². The topological polar surface area (TPSA) is 79.4 Å². The van der Waals surface area contributed by atoms with E-state index in [4.69, 9.17) is 9.15 Å². The Bertz CT molecular complexity index is 980. The van der Waals surface area contributed by atoms with Crippen LogP contribution in [0.4, 0.5) is 4.39 Å². The van der Waals surface area contributed by atoms with Gasteiger partial charge in [0, 0.05) is 12.2 Å². The second-order valence-corrected chi connectivity index (χ2v) is 7.55. The lowest BCUT2D eigenvalue weighted by Crippen LogP contribution is -2.16. The van der Waals surface area contributed by atoms with Gasteiger partial charge in [-0.1, -0.05) is 11.8 Å². The first-order valence-electron chi connectivity index (χ1n) is 9.24. The van der Waals surface area contributed by atoms with Gasteiger partial charge < -0.3 is 13.9 Å². The molecule has 152 valence electrons. The molecule has 3 aromatic rings. The maximum Gasteiger partial charge on any atom is 0.373 e. The standard InChI is InChI=1S/C20H20FN3O4S/c1-26-19(25)17-9-8-16(28-17)12-29-20-23-22-18(13-4-6-14(21)7-5-13)24(20)11-15-3-2-10-27-15/h4-9,15H,2-3,10-12H2,1H3. The molecule has 0 bridgehead atoms. The molecule has 2 aromatic heterocycles. The van der Waals surface area contributed by atoms with E-state index >= 15 is 0 Å². The van der Waals surface area contributed by atoms with E-state index in [9.17, 15) is 9.18 Å². The maximum absolute atomic E-state index is 13.3. The van der Waals surface area contributed by atoms with Gasteiger partial charge in [0.1, 0.15) is 11.6 Å². The van der Waals surface area contributed by atoms with Crippen LogP contribution in [0.15, 0.2) is 46.0 Å². The Morgan fingerprint density at radius 3 is 2.83 bits per heavy atom. The molecule has 3 heterocycles. The van der Waals surface area contributed by atoms with E-state index in [2.05, 4.69) is 14.9 Å². The predicted molar refractivity (Wildman–Crippen MR) is 104 cm³/mol. The van der Waals surface area contributed by atoms with Gasteiger partial charge in [-0.15, -0.1) is 10.2 Å². The number of hydrogen-bond donors (Lipinski definition) is 0. The van der Waals surface area contributed by atoms with E-state index in [0.717, 1.165) is 25.0 Å². The van der Waals surface area contributed by atoms with Crippen molar-refractivity contribution in [2.24, 2.45) is 0 Å². The number of carbonyl (C=O) groups excluding carboxylic acids is 1. The molecule has 0 radical (unpaired) electrons. The van der Waals surface area contributed by atoms with E-state index in [-0.39, 0.29) is 17.7 Å². The smallest absolute Gasteiger partial charge is 0.373 e. The van der Waals surface area contributed by atoms with Crippen molar-refractivity contribution in [1.29, 1.82) is 0 Å². The number of carbonyl (C=O) groups is 1. The summed E-state index contributed by atoms with van der Waals surface area (Å²) in [5, 5.41) is 9.35. The fourth-order valence-electron chi connectivity index (χ4n) is 3.17. The Labute approximate surface area is 171 Å². The van der Waals surface area contributed by atoms with Crippen LogP contribution in [0.3, 0.4) is 0 Å². The Morgan fingerprint density at radius 2 is 2.10 bits per heavy atom. The SMILES string of the molecule is COC(=O)c1ccc(CSc2nnc(-c3ccc(F)cc3)n2CC2CCCO2)o1. The van der Waals surface area contributed by atoms with Crippen LogP contribution in [0.1, 0.15) is 29.2 Å². The van der Waals surface area contributed by atoms with Crippen molar-refractivity contribution in [2.45, 2.75) is 36.4 Å². The van der Waals surface area contributed by atoms with Gasteiger partial charge >= 0.3 is 5.97 Å². The Kier molecular flexibility index (Phi) is 5.96. The van der Waals surface area contributed by atoms with Gasteiger partial charge in [0.25, 0.3) is 0 Å². The Balaban J connectivity index is 1.56. The fourth-order valence-corrected chi connectivity index (χ4v) is 4.01. The molecule has 0 saturated carbocycles. The molecule has 1 aromatic carbocycles. The van der Waals surface area contributed by atoms with Crippen molar-refractivity contribution in [3.63, 3.8) is 0 Å². The highest BCUT2D eigenvalue weighted by Gasteiger charge is 2.22. The van der Waals surface area contributed by atoms with Crippen LogP contribution < -0.4 is 0 Å². The summed E-state index contributed by atoms with van der Waals surface area (Å²) in [7, 11) is 1.31. The zero-order valence-electron chi connectivity index (χ0n) is 15.8. The number of hydrogen-bond acceptors (Lipinski definition) is 7. The minimum atomic E-state index is -0.513. The molecule has 1 aliphatic rings. The highest BCUT2D eigenvalue weighted by atomic mass is 32.2. The van der Waals surface area contributed by atoms with Crippen LogP contribution in [0, 0.1) is 5.82 Å². The zero-order chi connectivity index (χ0) is 20.2. The molecule has 9 heteroatoms. The first kappa shape index (κ1) is 19.7. The average molecular weight is 417 g/mol. The van der Waals surface area contributed by atoms with Gasteiger partial charge in [0.2, 0.25) is 5.76 Å². The first-order valence-corrected chi connectivity index (χ1v) is 10.2. The monoisotopic (exact) mass is 417 g/mol. The summed E-state index contributed by atoms with van der Waals surface area (Å²) >= 11 is 1.45. The van der Waals surface area contributed by atoms with Crippen molar-refractivity contribution in [1.82, 2.24) is 14.8 Å². The van der Waals surface area contributed by atoms with Crippen molar-refractivity contribution < 1.29 is 23.1 Å². The van der Waals surface area contributed by atoms with Crippen molar-refractivity contribution in [3.8, 4) is 11.4 Å². The fraction of sp³-hybridized carbons (Fsp3) is 0.350. The molecule has 0 spiro atoms. The zero-order valence-corrected chi connectivity index (χ0v) is 16.7. The molecule has 7 nitrogen and oxygen atoms in total. The highest BCUT2D eigenvalue weighted by molar-refractivity contribution is 7.98. The summed E-state index contributed by atoms with van der Waals surface area (Å²) in [5.41, 5.74) is 0.787. The van der Waals surface area contributed by atoms with E-state index in [1.54, 1.807) is 24.3 Å². The maximum atomic E-state index is 13.3. The number of nitrogens with zero attached hydrogens (tertiary/aromatic N) is 3. The third-order valence-corrected chi connectivity index (χ3v) is 5.61. The average Bonchev–Trinajstić information content (AvgIpc) is 3.48. The Morgan fingerprint density at radius 1 is 1.28 bits per heavy atom. The summed E-state index contributed by atoms with van der Waals surface area (Å²) in [6.07, 6.45) is 2.11. The van der Waals surface area contributed by atoms with E-state index in [1.807, 2.05) is 4.57 Å². The molecular weight excluding hydrogens is 397 g/mol. The van der Waals surface area contributed by atoms with Crippen LogP contribution in [0.5, 0.6) is 0 Å².